The number of carbonyl (C=O) groups excluding carboxylic acids is 2. The van der Waals surface area contributed by atoms with E-state index in [0.717, 1.165) is 16.0 Å². The maximum atomic E-state index is 13.0. The Morgan fingerprint density at radius 1 is 1.11 bits per heavy atom. The molecule has 2 aromatic carbocycles. The van der Waals surface area contributed by atoms with Crippen molar-refractivity contribution in [3.63, 3.8) is 0 Å². The molecule has 0 saturated heterocycles. The van der Waals surface area contributed by atoms with Crippen molar-refractivity contribution in [2.24, 2.45) is 5.41 Å². The molecule has 198 valence electrons. The van der Waals surface area contributed by atoms with Crippen LogP contribution in [0.2, 0.25) is 10.0 Å². The smallest absolute Gasteiger partial charge is 0.250 e. The van der Waals surface area contributed by atoms with E-state index in [4.69, 9.17) is 27.9 Å². The van der Waals surface area contributed by atoms with Gasteiger partial charge in [-0.05, 0) is 35.1 Å². The molecule has 1 heterocycles. The van der Waals surface area contributed by atoms with E-state index in [1.54, 1.807) is 45.2 Å². The number of halogens is 2. The SMILES string of the molecule is CCC[C@H](NC(=O)[C@@H](O)C(C)(C)C)C(=O)Nc1ncc(-c2ccccc2COc2ccc(Cl)c(Cl)c2)s1. The van der Waals surface area contributed by atoms with Crippen LogP contribution in [0.3, 0.4) is 0 Å². The average molecular weight is 565 g/mol. The summed E-state index contributed by atoms with van der Waals surface area (Å²) >= 11 is 13.4. The summed E-state index contributed by atoms with van der Waals surface area (Å²) in [5, 5.41) is 17.0. The van der Waals surface area contributed by atoms with Gasteiger partial charge < -0.3 is 20.5 Å². The van der Waals surface area contributed by atoms with Gasteiger partial charge in [0.05, 0.1) is 14.9 Å². The number of carbonyl (C=O) groups is 2. The predicted octanol–water partition coefficient (Wildman–Crippen LogP) is 6.33. The molecule has 7 nitrogen and oxygen atoms in total. The molecule has 0 fully saturated rings. The van der Waals surface area contributed by atoms with Crippen LogP contribution in [0, 0.1) is 5.41 Å². The summed E-state index contributed by atoms with van der Waals surface area (Å²) in [7, 11) is 0. The molecule has 3 aromatic rings. The molecule has 0 aliphatic rings. The molecule has 10 heteroatoms. The van der Waals surface area contributed by atoms with Crippen LogP contribution in [0.4, 0.5) is 5.13 Å². The molecular weight excluding hydrogens is 533 g/mol. The van der Waals surface area contributed by atoms with E-state index >= 15 is 0 Å². The molecule has 0 bridgehead atoms. The van der Waals surface area contributed by atoms with Crippen molar-refractivity contribution in [3.05, 3.63) is 64.3 Å². The Bertz CT molecular complexity index is 1240. The minimum atomic E-state index is -1.23. The molecular formula is C27H31Cl2N3O4S. The molecule has 0 spiro atoms. The molecule has 3 rings (SSSR count). The van der Waals surface area contributed by atoms with E-state index in [-0.39, 0.29) is 5.91 Å². The van der Waals surface area contributed by atoms with E-state index in [2.05, 4.69) is 15.6 Å². The lowest BCUT2D eigenvalue weighted by Crippen LogP contribution is -2.50. The number of thiazole rings is 1. The van der Waals surface area contributed by atoms with Gasteiger partial charge >= 0.3 is 0 Å². The number of hydrogen-bond donors (Lipinski definition) is 3. The van der Waals surface area contributed by atoms with Crippen LogP contribution in [0.25, 0.3) is 10.4 Å². The number of aliphatic hydroxyl groups excluding tert-OH is 1. The largest absolute Gasteiger partial charge is 0.489 e. The van der Waals surface area contributed by atoms with E-state index in [1.807, 2.05) is 31.2 Å². The van der Waals surface area contributed by atoms with Gasteiger partial charge in [0.2, 0.25) is 11.8 Å². The third kappa shape index (κ3) is 7.92. The molecule has 0 radical (unpaired) electrons. The van der Waals surface area contributed by atoms with Crippen molar-refractivity contribution in [1.29, 1.82) is 0 Å². The highest BCUT2D eigenvalue weighted by Crippen LogP contribution is 2.33. The summed E-state index contributed by atoms with van der Waals surface area (Å²) in [6.07, 6.45) is 1.57. The number of rotatable bonds is 10. The Morgan fingerprint density at radius 3 is 2.51 bits per heavy atom. The summed E-state index contributed by atoms with van der Waals surface area (Å²) in [5.74, 6) is -0.354. The zero-order chi connectivity index (χ0) is 27.2. The van der Waals surface area contributed by atoms with Crippen LogP contribution in [0.1, 0.15) is 46.1 Å². The van der Waals surface area contributed by atoms with Crippen LogP contribution in [-0.4, -0.2) is 34.1 Å². The highest BCUT2D eigenvalue weighted by molar-refractivity contribution is 7.19. The number of aliphatic hydroxyl groups is 1. The van der Waals surface area contributed by atoms with E-state index in [1.165, 1.54) is 11.3 Å². The monoisotopic (exact) mass is 563 g/mol. The lowest BCUT2D eigenvalue weighted by Gasteiger charge is -2.26. The third-order valence-electron chi connectivity index (χ3n) is 5.58. The number of nitrogens with zero attached hydrogens (tertiary/aromatic N) is 1. The summed E-state index contributed by atoms with van der Waals surface area (Å²) in [5.41, 5.74) is 1.22. The van der Waals surface area contributed by atoms with E-state index in [0.29, 0.717) is 40.4 Å². The molecule has 2 amide bonds. The van der Waals surface area contributed by atoms with Crippen LogP contribution in [0.5, 0.6) is 5.75 Å². The third-order valence-corrected chi connectivity index (χ3v) is 7.27. The summed E-state index contributed by atoms with van der Waals surface area (Å²) in [6, 6.07) is 12.1. The lowest BCUT2D eigenvalue weighted by atomic mass is 9.88. The second-order valence-electron chi connectivity index (χ2n) is 9.66. The fourth-order valence-corrected chi connectivity index (χ4v) is 4.63. The van der Waals surface area contributed by atoms with E-state index < -0.39 is 23.5 Å². The number of nitrogens with one attached hydrogen (secondary N) is 2. The van der Waals surface area contributed by atoms with Gasteiger partial charge in [0.25, 0.3) is 0 Å². The minimum absolute atomic E-state index is 0.300. The number of amides is 2. The Hall–Kier alpha value is -2.65. The van der Waals surface area contributed by atoms with Crippen molar-refractivity contribution in [1.82, 2.24) is 10.3 Å². The summed E-state index contributed by atoms with van der Waals surface area (Å²) < 4.78 is 5.91. The van der Waals surface area contributed by atoms with Crippen LogP contribution in [-0.2, 0) is 16.2 Å². The van der Waals surface area contributed by atoms with Gasteiger partial charge in [0, 0.05) is 12.3 Å². The second kappa shape index (κ2) is 12.7. The van der Waals surface area contributed by atoms with Crippen molar-refractivity contribution in [3.8, 4) is 16.2 Å². The predicted molar refractivity (Wildman–Crippen MR) is 149 cm³/mol. The van der Waals surface area contributed by atoms with Crippen LogP contribution < -0.4 is 15.4 Å². The van der Waals surface area contributed by atoms with Gasteiger partial charge in [-0.2, -0.15) is 0 Å². The molecule has 0 saturated carbocycles. The van der Waals surface area contributed by atoms with Crippen LogP contribution in [0.15, 0.2) is 48.7 Å². The molecule has 0 aliphatic heterocycles. The fourth-order valence-electron chi connectivity index (χ4n) is 3.46. The van der Waals surface area contributed by atoms with Gasteiger partial charge in [-0.3, -0.25) is 9.59 Å². The highest BCUT2D eigenvalue weighted by Gasteiger charge is 2.32. The van der Waals surface area contributed by atoms with E-state index in [9.17, 15) is 14.7 Å². The number of ether oxygens (including phenoxy) is 1. The standard InChI is InChI=1S/C27H31Cl2N3O4S/c1-5-8-21(31-25(35)23(33)27(2,3)4)24(34)32-26-30-14-22(37-26)18-10-7-6-9-16(18)15-36-17-11-12-19(28)20(29)13-17/h6-7,9-14,21,23,33H,5,8,15H2,1-4H3,(H,31,35)(H,30,32,34)/t21-,23+/m0/s1. The van der Waals surface area contributed by atoms with Gasteiger partial charge in [-0.15, -0.1) is 0 Å². The van der Waals surface area contributed by atoms with Crippen molar-refractivity contribution in [2.75, 3.05) is 5.32 Å². The van der Waals surface area contributed by atoms with Crippen LogP contribution >= 0.6 is 34.5 Å². The Kier molecular flexibility index (Phi) is 9.95. The maximum Gasteiger partial charge on any atom is 0.250 e. The number of benzene rings is 2. The zero-order valence-electron chi connectivity index (χ0n) is 21.2. The Labute approximate surface area is 231 Å². The highest BCUT2D eigenvalue weighted by atomic mass is 35.5. The maximum absolute atomic E-state index is 13.0. The van der Waals surface area contributed by atoms with Gasteiger partial charge in [-0.1, -0.05) is 92.9 Å². The first kappa shape index (κ1) is 28.9. The first-order chi connectivity index (χ1) is 17.5. The quantitative estimate of drug-likeness (QED) is 0.267. The van der Waals surface area contributed by atoms with Crippen molar-refractivity contribution >= 4 is 51.5 Å². The lowest BCUT2D eigenvalue weighted by molar-refractivity contribution is -0.137. The number of anilines is 1. The topological polar surface area (TPSA) is 101 Å². The summed E-state index contributed by atoms with van der Waals surface area (Å²) in [6.45, 7) is 7.50. The Balaban J connectivity index is 1.70. The zero-order valence-corrected chi connectivity index (χ0v) is 23.5. The second-order valence-corrected chi connectivity index (χ2v) is 11.5. The minimum Gasteiger partial charge on any atom is -0.489 e. The number of hydrogen-bond acceptors (Lipinski definition) is 6. The molecule has 0 aliphatic carbocycles. The van der Waals surface area contributed by atoms with Gasteiger partial charge in [0.15, 0.2) is 5.13 Å². The molecule has 3 N–H and O–H groups in total. The molecule has 2 atom stereocenters. The fraction of sp³-hybridized carbons (Fsp3) is 0.370. The van der Waals surface area contributed by atoms with Crippen molar-refractivity contribution in [2.45, 2.75) is 59.3 Å². The molecule has 0 unspecified atom stereocenters. The van der Waals surface area contributed by atoms with Gasteiger partial charge in [-0.25, -0.2) is 4.98 Å². The van der Waals surface area contributed by atoms with Crippen molar-refractivity contribution < 1.29 is 19.4 Å². The number of aromatic nitrogens is 1. The first-order valence-corrected chi connectivity index (χ1v) is 13.5. The molecule has 1 aromatic heterocycles. The average Bonchev–Trinajstić information content (AvgIpc) is 3.31. The van der Waals surface area contributed by atoms with Gasteiger partial charge in [0.1, 0.15) is 24.5 Å². The molecule has 37 heavy (non-hydrogen) atoms. The Morgan fingerprint density at radius 2 is 1.84 bits per heavy atom. The first-order valence-electron chi connectivity index (χ1n) is 11.9. The summed E-state index contributed by atoms with van der Waals surface area (Å²) in [4.78, 5) is 30.6. The normalized spacial score (nSPS) is 13.1.